The molecule has 0 aromatic heterocycles. The lowest BCUT2D eigenvalue weighted by molar-refractivity contribution is -0.879. The quantitative estimate of drug-likeness (QED) is 0.647. The van der Waals surface area contributed by atoms with Crippen LogP contribution in [0, 0.1) is 11.8 Å². The van der Waals surface area contributed by atoms with Gasteiger partial charge in [-0.1, -0.05) is 90.8 Å². The minimum atomic E-state index is -1.11. The van der Waals surface area contributed by atoms with Gasteiger partial charge in [0.25, 0.3) is 0 Å². The van der Waals surface area contributed by atoms with E-state index in [1.165, 1.54) is 31.5 Å². The van der Waals surface area contributed by atoms with Crippen LogP contribution >= 0.6 is 0 Å². The van der Waals surface area contributed by atoms with Crippen LogP contribution in [0.3, 0.4) is 0 Å². The monoisotopic (exact) mass is 382 g/mol. The summed E-state index contributed by atoms with van der Waals surface area (Å²) in [4.78, 5) is 1.56. The number of hydrogen-bond acceptors (Lipinski definition) is 1. The van der Waals surface area contributed by atoms with E-state index in [4.69, 9.17) is 0 Å². The molecule has 2 heteroatoms. The highest BCUT2D eigenvalue weighted by molar-refractivity contribution is 5.64. The minimum absolute atomic E-state index is 0.398. The van der Waals surface area contributed by atoms with Crippen LogP contribution < -0.4 is 4.90 Å². The Morgan fingerprint density at radius 1 is 0.690 bits per heavy atom. The van der Waals surface area contributed by atoms with Crippen LogP contribution in [0.5, 0.6) is 0 Å². The molecule has 1 heterocycles. The van der Waals surface area contributed by atoms with E-state index in [9.17, 15) is 5.11 Å². The van der Waals surface area contributed by atoms with Gasteiger partial charge in [0.2, 0.25) is 0 Å². The first-order valence-electron chi connectivity index (χ1n) is 10.5. The second-order valence-corrected chi connectivity index (χ2v) is 7.83. The molecule has 3 aromatic carbocycles. The molecule has 2 N–H and O–H groups in total. The largest absolute Gasteiger partial charge is 0.379 e. The molecule has 0 radical (unpaired) electrons. The number of benzene rings is 3. The van der Waals surface area contributed by atoms with Crippen molar-refractivity contribution in [2.75, 3.05) is 19.6 Å². The Hall–Kier alpha value is -2.86. The molecular formula is C27H28NO+. The molecule has 0 unspecified atom stereocenters. The summed E-state index contributed by atoms with van der Waals surface area (Å²) in [6, 6.07) is 28.4. The van der Waals surface area contributed by atoms with Gasteiger partial charge in [-0.05, 0) is 28.2 Å². The van der Waals surface area contributed by atoms with E-state index in [1.807, 2.05) is 60.7 Å². The molecule has 0 spiro atoms. The Balaban J connectivity index is 1.59. The van der Waals surface area contributed by atoms with Gasteiger partial charge in [0, 0.05) is 19.3 Å². The van der Waals surface area contributed by atoms with E-state index in [0.29, 0.717) is 6.42 Å². The van der Waals surface area contributed by atoms with Gasteiger partial charge >= 0.3 is 0 Å². The number of rotatable bonds is 5. The fraction of sp³-hybridized carbons (Fsp3) is 0.259. The highest BCUT2D eigenvalue weighted by Crippen LogP contribution is 2.34. The first-order chi connectivity index (χ1) is 14.3. The third-order valence-corrected chi connectivity index (χ3v) is 5.84. The minimum Gasteiger partial charge on any atom is -0.379 e. The van der Waals surface area contributed by atoms with Gasteiger partial charge in [-0.3, -0.25) is 0 Å². The molecule has 1 fully saturated rings. The van der Waals surface area contributed by atoms with E-state index in [-0.39, 0.29) is 0 Å². The van der Waals surface area contributed by atoms with Crippen molar-refractivity contribution in [3.8, 4) is 23.0 Å². The van der Waals surface area contributed by atoms with Crippen molar-refractivity contribution < 1.29 is 10.0 Å². The predicted octanol–water partition coefficient (Wildman–Crippen LogP) is 3.66. The number of aliphatic hydroxyl groups is 1. The molecule has 0 amide bonds. The van der Waals surface area contributed by atoms with Crippen LogP contribution in [0.25, 0.3) is 11.1 Å². The SMILES string of the molecule is O[C@](CC#CC[NH+]1CCCC1)(c1ccccc1)c1ccc(-c2ccccc2)cc1. The number of likely N-dealkylation sites (tertiary alicyclic amines) is 1. The molecule has 0 bridgehead atoms. The lowest BCUT2D eigenvalue weighted by Crippen LogP contribution is -3.09. The van der Waals surface area contributed by atoms with Crippen molar-refractivity contribution in [1.29, 1.82) is 0 Å². The molecule has 29 heavy (non-hydrogen) atoms. The van der Waals surface area contributed by atoms with Crippen LogP contribution in [0.4, 0.5) is 0 Å². The highest BCUT2D eigenvalue weighted by Gasteiger charge is 2.30. The van der Waals surface area contributed by atoms with Crippen LogP contribution in [-0.2, 0) is 5.60 Å². The maximum absolute atomic E-state index is 11.7. The van der Waals surface area contributed by atoms with Gasteiger partial charge in [0.05, 0.1) is 13.1 Å². The molecule has 146 valence electrons. The number of quaternary nitrogens is 1. The van der Waals surface area contributed by atoms with Gasteiger partial charge in [-0.25, -0.2) is 0 Å². The summed E-state index contributed by atoms with van der Waals surface area (Å²) in [5.74, 6) is 6.59. The highest BCUT2D eigenvalue weighted by atomic mass is 16.3. The Labute approximate surface area is 173 Å². The molecule has 0 aliphatic carbocycles. The van der Waals surface area contributed by atoms with Crippen LogP contribution in [0.1, 0.15) is 30.4 Å². The van der Waals surface area contributed by atoms with E-state index >= 15 is 0 Å². The second kappa shape index (κ2) is 9.09. The fourth-order valence-corrected chi connectivity index (χ4v) is 4.08. The number of nitrogens with one attached hydrogen (secondary N) is 1. The maximum atomic E-state index is 11.7. The zero-order valence-corrected chi connectivity index (χ0v) is 16.8. The van der Waals surface area contributed by atoms with Crippen molar-refractivity contribution in [2.24, 2.45) is 0 Å². The molecular weight excluding hydrogens is 354 g/mol. The average molecular weight is 383 g/mol. The van der Waals surface area contributed by atoms with Gasteiger partial charge in [-0.15, -0.1) is 0 Å². The summed E-state index contributed by atoms with van der Waals surface area (Å²) in [5, 5.41) is 11.7. The molecule has 0 saturated carbocycles. The summed E-state index contributed by atoms with van der Waals surface area (Å²) in [7, 11) is 0. The van der Waals surface area contributed by atoms with Gasteiger partial charge in [0.15, 0.2) is 0 Å². The zero-order chi connectivity index (χ0) is 19.9. The third kappa shape index (κ3) is 4.59. The summed E-state index contributed by atoms with van der Waals surface area (Å²) in [6.45, 7) is 3.31. The normalized spacial score (nSPS) is 16.0. The Morgan fingerprint density at radius 3 is 1.90 bits per heavy atom. The predicted molar refractivity (Wildman–Crippen MR) is 119 cm³/mol. The lowest BCUT2D eigenvalue weighted by atomic mass is 9.83. The van der Waals surface area contributed by atoms with Crippen molar-refractivity contribution in [3.63, 3.8) is 0 Å². The Morgan fingerprint density at radius 2 is 1.24 bits per heavy atom. The van der Waals surface area contributed by atoms with Gasteiger partial charge in [-0.2, -0.15) is 0 Å². The molecule has 3 aromatic rings. The first-order valence-corrected chi connectivity index (χ1v) is 10.5. The van der Waals surface area contributed by atoms with Crippen molar-refractivity contribution >= 4 is 0 Å². The maximum Gasteiger partial charge on any atom is 0.139 e. The van der Waals surface area contributed by atoms with Crippen molar-refractivity contribution in [2.45, 2.75) is 24.9 Å². The van der Waals surface area contributed by atoms with Crippen molar-refractivity contribution in [3.05, 3.63) is 96.1 Å². The summed E-state index contributed by atoms with van der Waals surface area (Å²) >= 11 is 0. The average Bonchev–Trinajstić information content (AvgIpc) is 3.31. The summed E-state index contributed by atoms with van der Waals surface area (Å²) < 4.78 is 0. The summed E-state index contributed by atoms with van der Waals surface area (Å²) in [6.07, 6.45) is 3.01. The topological polar surface area (TPSA) is 24.7 Å². The van der Waals surface area contributed by atoms with E-state index < -0.39 is 5.60 Å². The van der Waals surface area contributed by atoms with Crippen molar-refractivity contribution in [1.82, 2.24) is 0 Å². The van der Waals surface area contributed by atoms with Crippen LogP contribution in [-0.4, -0.2) is 24.7 Å². The summed E-state index contributed by atoms with van der Waals surface area (Å²) in [5.41, 5.74) is 2.98. The molecule has 1 saturated heterocycles. The van der Waals surface area contributed by atoms with E-state index in [1.54, 1.807) is 4.90 Å². The molecule has 1 aliphatic heterocycles. The Bertz CT molecular complexity index is 964. The van der Waals surface area contributed by atoms with Crippen LogP contribution in [0.15, 0.2) is 84.9 Å². The number of hydrogen-bond donors (Lipinski definition) is 2. The van der Waals surface area contributed by atoms with Crippen LogP contribution in [0.2, 0.25) is 0 Å². The lowest BCUT2D eigenvalue weighted by Gasteiger charge is -2.27. The molecule has 1 aliphatic rings. The van der Waals surface area contributed by atoms with E-state index in [0.717, 1.165) is 23.2 Å². The standard InChI is InChI=1S/C27H27NO/c29-27(25-13-5-2-6-14-25,19-7-8-20-28-21-9-10-22-28)26-17-15-24(16-18-26)23-11-3-1-4-12-23/h1-6,11-18,29H,9-10,19-22H2/p+1/t27-/m1/s1. The zero-order valence-electron chi connectivity index (χ0n) is 16.8. The van der Waals surface area contributed by atoms with Gasteiger partial charge in [0.1, 0.15) is 12.1 Å². The molecule has 4 rings (SSSR count). The van der Waals surface area contributed by atoms with Gasteiger partial charge < -0.3 is 10.0 Å². The fourth-order valence-electron chi connectivity index (χ4n) is 4.08. The molecule has 2 nitrogen and oxygen atoms in total. The third-order valence-electron chi connectivity index (χ3n) is 5.84. The van der Waals surface area contributed by atoms with E-state index in [2.05, 4.69) is 36.1 Å². The Kier molecular flexibility index (Phi) is 6.10. The second-order valence-electron chi connectivity index (χ2n) is 7.83. The first kappa shape index (κ1) is 19.5. The molecule has 1 atom stereocenters. The smallest absolute Gasteiger partial charge is 0.139 e.